The monoisotopic (exact) mass is 225 g/mol. The summed E-state index contributed by atoms with van der Waals surface area (Å²) in [5.41, 5.74) is 2.53. The maximum atomic E-state index is 12.3. The number of aromatic amines is 1. The molecule has 2 heterocycles. The van der Waals surface area contributed by atoms with E-state index in [0.29, 0.717) is 11.3 Å². The van der Waals surface area contributed by atoms with Crippen LogP contribution in [0.25, 0.3) is 10.9 Å². The maximum absolute atomic E-state index is 12.3. The van der Waals surface area contributed by atoms with E-state index in [-0.39, 0.29) is 5.78 Å². The lowest BCUT2D eigenvalue weighted by Crippen LogP contribution is -2.00. The van der Waals surface area contributed by atoms with E-state index in [4.69, 9.17) is 4.42 Å². The SMILES string of the molecule is Cc1[nH]c2ccccc2c1C(=O)c1ccco1. The van der Waals surface area contributed by atoms with Gasteiger partial charge in [0.25, 0.3) is 0 Å². The Morgan fingerprint density at radius 3 is 2.76 bits per heavy atom. The average molecular weight is 225 g/mol. The lowest BCUT2D eigenvalue weighted by molar-refractivity contribution is 0.101. The van der Waals surface area contributed by atoms with Gasteiger partial charge in [-0.1, -0.05) is 18.2 Å². The molecule has 84 valence electrons. The summed E-state index contributed by atoms with van der Waals surface area (Å²) >= 11 is 0. The van der Waals surface area contributed by atoms with Gasteiger partial charge in [0.1, 0.15) is 0 Å². The number of furan rings is 1. The summed E-state index contributed by atoms with van der Waals surface area (Å²) < 4.78 is 5.16. The van der Waals surface area contributed by atoms with Crippen LogP contribution in [0.5, 0.6) is 0 Å². The predicted molar refractivity (Wildman–Crippen MR) is 65.2 cm³/mol. The zero-order chi connectivity index (χ0) is 11.8. The Hall–Kier alpha value is -2.29. The quantitative estimate of drug-likeness (QED) is 0.680. The van der Waals surface area contributed by atoms with Gasteiger partial charge in [-0.3, -0.25) is 4.79 Å². The van der Waals surface area contributed by atoms with Gasteiger partial charge in [0, 0.05) is 16.6 Å². The maximum Gasteiger partial charge on any atom is 0.230 e. The average Bonchev–Trinajstić information content (AvgIpc) is 2.94. The third-order valence-corrected chi connectivity index (χ3v) is 2.87. The van der Waals surface area contributed by atoms with Crippen LogP contribution in [0.1, 0.15) is 21.8 Å². The second-order valence-corrected chi connectivity index (χ2v) is 3.98. The van der Waals surface area contributed by atoms with E-state index in [1.807, 2.05) is 31.2 Å². The number of rotatable bonds is 2. The molecule has 17 heavy (non-hydrogen) atoms. The number of nitrogens with one attached hydrogen (secondary N) is 1. The number of hydrogen-bond donors (Lipinski definition) is 1. The Bertz CT molecular complexity index is 677. The molecule has 0 atom stereocenters. The molecule has 0 aliphatic heterocycles. The van der Waals surface area contributed by atoms with Crippen LogP contribution in [0.2, 0.25) is 0 Å². The molecule has 0 bridgehead atoms. The molecule has 3 aromatic rings. The van der Waals surface area contributed by atoms with Crippen molar-refractivity contribution in [1.82, 2.24) is 4.98 Å². The predicted octanol–water partition coefficient (Wildman–Crippen LogP) is 3.30. The van der Waals surface area contributed by atoms with Crippen LogP contribution in [0, 0.1) is 6.92 Å². The normalized spacial score (nSPS) is 10.9. The second-order valence-electron chi connectivity index (χ2n) is 3.98. The van der Waals surface area contributed by atoms with Crippen LogP contribution in [0.15, 0.2) is 47.1 Å². The van der Waals surface area contributed by atoms with E-state index < -0.39 is 0 Å². The minimum atomic E-state index is -0.0787. The molecule has 0 amide bonds. The van der Waals surface area contributed by atoms with Gasteiger partial charge < -0.3 is 9.40 Å². The minimum absolute atomic E-state index is 0.0787. The van der Waals surface area contributed by atoms with E-state index in [1.165, 1.54) is 6.26 Å². The highest BCUT2D eigenvalue weighted by molar-refractivity contribution is 6.16. The molecule has 1 aromatic carbocycles. The van der Waals surface area contributed by atoms with Crippen molar-refractivity contribution in [1.29, 1.82) is 0 Å². The summed E-state index contributed by atoms with van der Waals surface area (Å²) in [7, 11) is 0. The van der Waals surface area contributed by atoms with Gasteiger partial charge in [-0.15, -0.1) is 0 Å². The standard InChI is InChI=1S/C14H11NO2/c1-9-13(14(16)12-7-4-8-17-12)10-5-2-3-6-11(10)15-9/h2-8,15H,1H3. The number of fused-ring (bicyclic) bond motifs is 1. The van der Waals surface area contributed by atoms with Gasteiger partial charge in [0.15, 0.2) is 5.76 Å². The first-order chi connectivity index (χ1) is 8.27. The van der Waals surface area contributed by atoms with Crippen molar-refractivity contribution in [3.05, 3.63) is 59.7 Å². The number of aryl methyl sites for hydroxylation is 1. The van der Waals surface area contributed by atoms with Crippen LogP contribution in [0.3, 0.4) is 0 Å². The highest BCUT2D eigenvalue weighted by atomic mass is 16.3. The van der Waals surface area contributed by atoms with E-state index in [0.717, 1.165) is 16.6 Å². The molecule has 3 rings (SSSR count). The molecule has 0 aliphatic rings. The van der Waals surface area contributed by atoms with Crippen molar-refractivity contribution in [2.75, 3.05) is 0 Å². The highest BCUT2D eigenvalue weighted by Gasteiger charge is 2.19. The Morgan fingerprint density at radius 2 is 2.00 bits per heavy atom. The topological polar surface area (TPSA) is 46.0 Å². The fourth-order valence-electron chi connectivity index (χ4n) is 2.10. The molecule has 3 nitrogen and oxygen atoms in total. The molecule has 3 heteroatoms. The zero-order valence-corrected chi connectivity index (χ0v) is 9.36. The number of benzene rings is 1. The van der Waals surface area contributed by atoms with E-state index >= 15 is 0 Å². The lowest BCUT2D eigenvalue weighted by atomic mass is 10.1. The van der Waals surface area contributed by atoms with Gasteiger partial charge in [-0.25, -0.2) is 0 Å². The molecule has 0 unspecified atom stereocenters. The molecule has 0 spiro atoms. The van der Waals surface area contributed by atoms with Crippen LogP contribution in [-0.2, 0) is 0 Å². The zero-order valence-electron chi connectivity index (χ0n) is 9.36. The lowest BCUT2D eigenvalue weighted by Gasteiger charge is -1.97. The third-order valence-electron chi connectivity index (χ3n) is 2.87. The van der Waals surface area contributed by atoms with Crippen LogP contribution >= 0.6 is 0 Å². The summed E-state index contributed by atoms with van der Waals surface area (Å²) in [6.07, 6.45) is 1.51. The van der Waals surface area contributed by atoms with Crippen molar-refractivity contribution in [3.8, 4) is 0 Å². The first kappa shape index (κ1) is 9.90. The van der Waals surface area contributed by atoms with E-state index in [9.17, 15) is 4.79 Å². The van der Waals surface area contributed by atoms with E-state index in [1.54, 1.807) is 12.1 Å². The summed E-state index contributed by atoms with van der Waals surface area (Å²) in [6, 6.07) is 11.2. The summed E-state index contributed by atoms with van der Waals surface area (Å²) in [5.74, 6) is 0.294. The Morgan fingerprint density at radius 1 is 1.18 bits per heavy atom. The second kappa shape index (κ2) is 3.63. The smallest absolute Gasteiger partial charge is 0.230 e. The Kier molecular flexibility index (Phi) is 2.11. The number of para-hydroxylation sites is 1. The number of carbonyl (C=O) groups excluding carboxylic acids is 1. The Balaban J connectivity index is 2.24. The molecule has 0 saturated heterocycles. The van der Waals surface area contributed by atoms with Crippen molar-refractivity contribution in [2.24, 2.45) is 0 Å². The fraction of sp³-hybridized carbons (Fsp3) is 0.0714. The molecule has 0 fully saturated rings. The molecular formula is C14H11NO2. The van der Waals surface area contributed by atoms with Crippen LogP contribution < -0.4 is 0 Å². The number of H-pyrrole nitrogens is 1. The van der Waals surface area contributed by atoms with Gasteiger partial charge in [-0.05, 0) is 25.1 Å². The molecular weight excluding hydrogens is 214 g/mol. The summed E-state index contributed by atoms with van der Waals surface area (Å²) in [5, 5.41) is 0.936. The van der Waals surface area contributed by atoms with Gasteiger partial charge >= 0.3 is 0 Å². The van der Waals surface area contributed by atoms with Crippen molar-refractivity contribution in [2.45, 2.75) is 6.92 Å². The van der Waals surface area contributed by atoms with Gasteiger partial charge in [-0.2, -0.15) is 0 Å². The molecule has 0 radical (unpaired) electrons. The van der Waals surface area contributed by atoms with Crippen molar-refractivity contribution < 1.29 is 9.21 Å². The largest absolute Gasteiger partial charge is 0.461 e. The summed E-state index contributed by atoms with van der Waals surface area (Å²) in [6.45, 7) is 1.90. The van der Waals surface area contributed by atoms with E-state index in [2.05, 4.69) is 4.98 Å². The van der Waals surface area contributed by atoms with Gasteiger partial charge in [0.05, 0.1) is 11.8 Å². The first-order valence-electron chi connectivity index (χ1n) is 5.43. The van der Waals surface area contributed by atoms with Crippen LogP contribution in [0.4, 0.5) is 0 Å². The first-order valence-corrected chi connectivity index (χ1v) is 5.43. The number of ketones is 1. The van der Waals surface area contributed by atoms with Gasteiger partial charge in [0.2, 0.25) is 5.78 Å². The molecule has 2 aromatic heterocycles. The highest BCUT2D eigenvalue weighted by Crippen LogP contribution is 2.24. The molecule has 0 saturated carbocycles. The van der Waals surface area contributed by atoms with Crippen molar-refractivity contribution in [3.63, 3.8) is 0 Å². The number of carbonyl (C=O) groups is 1. The molecule has 0 aliphatic carbocycles. The fourth-order valence-corrected chi connectivity index (χ4v) is 2.10. The minimum Gasteiger partial charge on any atom is -0.461 e. The van der Waals surface area contributed by atoms with Crippen LogP contribution in [-0.4, -0.2) is 10.8 Å². The third kappa shape index (κ3) is 1.47. The molecule has 1 N–H and O–H groups in total. The Labute approximate surface area is 98.1 Å². The number of aromatic nitrogens is 1. The van der Waals surface area contributed by atoms with Crippen molar-refractivity contribution >= 4 is 16.7 Å². The number of hydrogen-bond acceptors (Lipinski definition) is 2. The summed E-state index contributed by atoms with van der Waals surface area (Å²) in [4.78, 5) is 15.5.